The summed E-state index contributed by atoms with van der Waals surface area (Å²) >= 11 is 1.55. The summed E-state index contributed by atoms with van der Waals surface area (Å²) in [6.45, 7) is 12.7. The number of fused-ring (bicyclic) bond motifs is 1. The maximum absolute atomic E-state index is 12.7. The molecule has 0 spiro atoms. The van der Waals surface area contributed by atoms with Crippen molar-refractivity contribution in [2.45, 2.75) is 65.5 Å². The minimum Gasteiger partial charge on any atom is -0.444 e. The fourth-order valence-electron chi connectivity index (χ4n) is 2.58. The summed E-state index contributed by atoms with van der Waals surface area (Å²) in [5, 5.41) is 2.37. The fourth-order valence-corrected chi connectivity index (χ4v) is 3.88. The SMILES string of the molecule is CC1=C(C(=O)C(C)(C)C)N2C(=O)C(NC(=O)OC(C)(C)C)[C@H]2SC1. The van der Waals surface area contributed by atoms with E-state index >= 15 is 0 Å². The van der Waals surface area contributed by atoms with Gasteiger partial charge < -0.3 is 10.1 Å². The molecule has 2 aliphatic rings. The molecule has 0 bridgehead atoms. The van der Waals surface area contributed by atoms with Gasteiger partial charge in [0.1, 0.15) is 17.0 Å². The van der Waals surface area contributed by atoms with E-state index in [4.69, 9.17) is 4.74 Å². The third kappa shape index (κ3) is 3.61. The molecule has 2 heterocycles. The average molecular weight is 354 g/mol. The van der Waals surface area contributed by atoms with E-state index < -0.39 is 23.2 Å². The lowest BCUT2D eigenvalue weighted by atomic mass is 9.85. The van der Waals surface area contributed by atoms with E-state index in [2.05, 4.69) is 5.32 Å². The first-order chi connectivity index (χ1) is 10.8. The number of nitrogens with zero attached hydrogens (tertiary/aromatic N) is 1. The van der Waals surface area contributed by atoms with Crippen molar-refractivity contribution >= 4 is 29.5 Å². The van der Waals surface area contributed by atoms with E-state index in [1.54, 1.807) is 32.5 Å². The molecule has 1 fully saturated rings. The Morgan fingerprint density at radius 2 is 1.79 bits per heavy atom. The predicted octanol–water partition coefficient (Wildman–Crippen LogP) is 2.68. The van der Waals surface area contributed by atoms with Crippen molar-refractivity contribution < 1.29 is 19.1 Å². The molecular weight excluding hydrogens is 328 g/mol. The molecule has 0 aromatic rings. The molecule has 2 amide bonds. The molecule has 1 N–H and O–H groups in total. The highest BCUT2D eigenvalue weighted by Crippen LogP contribution is 2.42. The number of Topliss-reactive ketones (excluding diaryl/α,β-unsaturated/α-hetero) is 1. The lowest BCUT2D eigenvalue weighted by Gasteiger charge is -2.50. The molecule has 24 heavy (non-hydrogen) atoms. The maximum atomic E-state index is 12.7. The molecule has 2 rings (SSSR count). The maximum Gasteiger partial charge on any atom is 0.408 e. The number of hydrogen-bond donors (Lipinski definition) is 1. The zero-order valence-electron chi connectivity index (χ0n) is 15.4. The monoisotopic (exact) mass is 354 g/mol. The Morgan fingerprint density at radius 3 is 2.29 bits per heavy atom. The molecule has 1 unspecified atom stereocenters. The van der Waals surface area contributed by atoms with Gasteiger partial charge in [0.25, 0.3) is 5.91 Å². The Kier molecular flexibility index (Phi) is 4.78. The van der Waals surface area contributed by atoms with Crippen LogP contribution in [-0.2, 0) is 14.3 Å². The van der Waals surface area contributed by atoms with Crippen LogP contribution in [0.1, 0.15) is 48.5 Å². The van der Waals surface area contributed by atoms with E-state index in [9.17, 15) is 14.4 Å². The standard InChI is InChI=1S/C17H26N2O4S/c1-9-8-24-14-10(18-15(22)23-17(5,6)7)13(21)19(14)11(9)12(20)16(2,3)4/h10,14H,8H2,1-7H3,(H,18,22)/t10?,14-/m1/s1. The minimum absolute atomic E-state index is 0.0469. The molecule has 1 saturated heterocycles. The van der Waals surface area contributed by atoms with Gasteiger partial charge >= 0.3 is 6.09 Å². The molecule has 7 heteroatoms. The number of thioether (sulfide) groups is 1. The number of hydrogen-bond acceptors (Lipinski definition) is 5. The van der Waals surface area contributed by atoms with Crippen LogP contribution in [0.4, 0.5) is 4.79 Å². The molecule has 0 aromatic carbocycles. The number of allylic oxidation sites excluding steroid dienone is 1. The fraction of sp³-hybridized carbons (Fsp3) is 0.706. The van der Waals surface area contributed by atoms with Crippen LogP contribution in [0, 0.1) is 5.41 Å². The molecule has 0 aliphatic carbocycles. The number of carbonyl (C=O) groups is 3. The Balaban J connectivity index is 2.15. The third-order valence-electron chi connectivity index (χ3n) is 3.73. The average Bonchev–Trinajstić information content (AvgIpc) is 2.41. The molecule has 2 aliphatic heterocycles. The van der Waals surface area contributed by atoms with E-state index in [-0.39, 0.29) is 17.1 Å². The van der Waals surface area contributed by atoms with Crippen LogP contribution >= 0.6 is 11.8 Å². The second kappa shape index (κ2) is 6.10. The number of alkyl carbamates (subject to hydrolysis) is 1. The van der Waals surface area contributed by atoms with Gasteiger partial charge in [0.15, 0.2) is 5.78 Å². The summed E-state index contributed by atoms with van der Waals surface area (Å²) in [6.07, 6.45) is -0.615. The van der Waals surface area contributed by atoms with Crippen LogP contribution in [0.3, 0.4) is 0 Å². The summed E-state index contributed by atoms with van der Waals surface area (Å²) in [4.78, 5) is 38.7. The van der Waals surface area contributed by atoms with Crippen molar-refractivity contribution in [2.75, 3.05) is 5.75 Å². The number of β-lactam (4-membered cyclic amide) rings is 1. The van der Waals surface area contributed by atoms with Crippen LogP contribution in [0.5, 0.6) is 0 Å². The second-order valence-corrected chi connectivity index (χ2v) is 9.35. The molecule has 0 saturated carbocycles. The van der Waals surface area contributed by atoms with E-state index in [1.165, 1.54) is 4.90 Å². The number of nitrogens with one attached hydrogen (secondary N) is 1. The second-order valence-electron chi connectivity index (χ2n) is 8.24. The highest BCUT2D eigenvalue weighted by Gasteiger charge is 2.54. The first-order valence-corrected chi connectivity index (χ1v) is 9.06. The number of ketones is 1. The molecular formula is C17H26N2O4S. The number of ether oxygens (including phenoxy) is 1. The smallest absolute Gasteiger partial charge is 0.408 e. The van der Waals surface area contributed by atoms with Gasteiger partial charge in [-0.05, 0) is 33.3 Å². The zero-order valence-corrected chi connectivity index (χ0v) is 16.2. The summed E-state index contributed by atoms with van der Waals surface area (Å²) in [5.41, 5.74) is 0.200. The largest absolute Gasteiger partial charge is 0.444 e. The van der Waals surface area contributed by atoms with E-state index in [0.29, 0.717) is 11.4 Å². The van der Waals surface area contributed by atoms with Crippen LogP contribution in [0.2, 0.25) is 0 Å². The Hall–Kier alpha value is -1.50. The van der Waals surface area contributed by atoms with Crippen molar-refractivity contribution in [1.29, 1.82) is 0 Å². The number of carbonyl (C=O) groups excluding carboxylic acids is 3. The van der Waals surface area contributed by atoms with Gasteiger partial charge in [-0.15, -0.1) is 11.8 Å². The molecule has 6 nitrogen and oxygen atoms in total. The van der Waals surface area contributed by atoms with Gasteiger partial charge in [-0.3, -0.25) is 14.5 Å². The first kappa shape index (κ1) is 18.8. The van der Waals surface area contributed by atoms with Gasteiger partial charge in [0.2, 0.25) is 0 Å². The normalized spacial score (nSPS) is 24.3. The van der Waals surface area contributed by atoms with Crippen molar-refractivity contribution in [2.24, 2.45) is 5.41 Å². The molecule has 2 atom stereocenters. The van der Waals surface area contributed by atoms with Gasteiger partial charge in [-0.1, -0.05) is 20.8 Å². The number of rotatable bonds is 2. The van der Waals surface area contributed by atoms with Crippen molar-refractivity contribution in [1.82, 2.24) is 10.2 Å². The summed E-state index contributed by atoms with van der Waals surface area (Å²) in [5.74, 6) is 0.359. The predicted molar refractivity (Wildman–Crippen MR) is 93.4 cm³/mol. The highest BCUT2D eigenvalue weighted by molar-refractivity contribution is 8.00. The third-order valence-corrected chi connectivity index (χ3v) is 5.15. The zero-order chi connectivity index (χ0) is 18.4. The number of amides is 2. The minimum atomic E-state index is -0.652. The van der Waals surface area contributed by atoms with Gasteiger partial charge in [-0.25, -0.2) is 4.79 Å². The van der Waals surface area contributed by atoms with Crippen LogP contribution < -0.4 is 5.32 Å². The van der Waals surface area contributed by atoms with Gasteiger partial charge in [0, 0.05) is 11.2 Å². The molecule has 0 radical (unpaired) electrons. The Labute approximate surface area is 147 Å². The van der Waals surface area contributed by atoms with Crippen LogP contribution in [0.15, 0.2) is 11.3 Å². The molecule has 0 aromatic heterocycles. The van der Waals surface area contributed by atoms with Crippen molar-refractivity contribution in [3.05, 3.63) is 11.3 Å². The Morgan fingerprint density at radius 1 is 1.21 bits per heavy atom. The van der Waals surface area contributed by atoms with Gasteiger partial charge in [-0.2, -0.15) is 0 Å². The van der Waals surface area contributed by atoms with E-state index in [0.717, 1.165) is 5.57 Å². The van der Waals surface area contributed by atoms with Crippen molar-refractivity contribution in [3.63, 3.8) is 0 Å². The van der Waals surface area contributed by atoms with Crippen LogP contribution in [-0.4, -0.2) is 45.5 Å². The topological polar surface area (TPSA) is 75.7 Å². The molecule has 134 valence electrons. The lowest BCUT2D eigenvalue weighted by Crippen LogP contribution is -2.71. The van der Waals surface area contributed by atoms with Crippen LogP contribution in [0.25, 0.3) is 0 Å². The van der Waals surface area contributed by atoms with E-state index in [1.807, 2.05) is 27.7 Å². The highest BCUT2D eigenvalue weighted by atomic mass is 32.2. The quantitative estimate of drug-likeness (QED) is 0.772. The Bertz CT molecular complexity index is 613. The summed E-state index contributed by atoms with van der Waals surface area (Å²) < 4.78 is 5.21. The summed E-state index contributed by atoms with van der Waals surface area (Å²) in [6, 6.07) is -0.652. The van der Waals surface area contributed by atoms with Crippen molar-refractivity contribution in [3.8, 4) is 0 Å². The first-order valence-electron chi connectivity index (χ1n) is 8.01. The lowest BCUT2D eigenvalue weighted by molar-refractivity contribution is -0.146. The van der Waals surface area contributed by atoms with Gasteiger partial charge in [0.05, 0.1) is 5.70 Å². The summed E-state index contributed by atoms with van der Waals surface area (Å²) in [7, 11) is 0.